The topological polar surface area (TPSA) is 35.1 Å². The minimum atomic E-state index is -0.131. The van der Waals surface area contributed by atoms with Gasteiger partial charge in [-0.3, -0.25) is 8.97 Å². The van der Waals surface area contributed by atoms with Crippen LogP contribution in [0, 0.1) is 0 Å². The van der Waals surface area contributed by atoms with Gasteiger partial charge in [0.25, 0.3) is 0 Å². The number of imidazole rings is 1. The molecule has 3 aromatic heterocycles. The average molecular weight is 653 g/mol. The van der Waals surface area contributed by atoms with Crippen LogP contribution in [0.2, 0.25) is 0 Å². The van der Waals surface area contributed by atoms with Gasteiger partial charge in [-0.2, -0.15) is 0 Å². The van der Waals surface area contributed by atoms with Crippen LogP contribution in [0.25, 0.3) is 88.7 Å². The highest BCUT2D eigenvalue weighted by molar-refractivity contribution is 6.10. The second-order valence-electron chi connectivity index (χ2n) is 14.3. The zero-order chi connectivity index (χ0) is 33.8. The summed E-state index contributed by atoms with van der Waals surface area (Å²) in [5.74, 6) is 0.834. The van der Waals surface area contributed by atoms with E-state index in [1.54, 1.807) is 0 Å². The van der Waals surface area contributed by atoms with Gasteiger partial charge in [0.2, 0.25) is 5.95 Å². The van der Waals surface area contributed by atoms with Crippen molar-refractivity contribution in [2.24, 2.45) is 0 Å². The van der Waals surface area contributed by atoms with E-state index in [-0.39, 0.29) is 5.41 Å². The molecule has 0 radical (unpaired) electrons. The van der Waals surface area contributed by atoms with Crippen molar-refractivity contribution < 1.29 is 0 Å². The van der Waals surface area contributed by atoms with E-state index in [0.29, 0.717) is 0 Å². The van der Waals surface area contributed by atoms with Crippen LogP contribution in [0.5, 0.6) is 0 Å². The Balaban J connectivity index is 1.13. The van der Waals surface area contributed by atoms with Gasteiger partial charge >= 0.3 is 0 Å². The summed E-state index contributed by atoms with van der Waals surface area (Å²) < 4.78 is 4.56. The van der Waals surface area contributed by atoms with E-state index in [0.717, 1.165) is 44.6 Å². The smallest absolute Gasteiger partial charge is 0.221 e. The Labute approximate surface area is 294 Å². The van der Waals surface area contributed by atoms with Crippen LogP contribution in [0.4, 0.5) is 0 Å². The number of hydrogen-bond donors (Lipinski definition) is 0. The molecule has 1 aliphatic rings. The molecule has 51 heavy (non-hydrogen) atoms. The molecule has 11 rings (SSSR count). The SMILES string of the molecule is CC1(C)c2cc(-c3ccccc3)ccc2-c2ccc(-c3ccc4c5ccccc5n(-c5nc6ccccc6c6nc7ccccc7n56)c4c3)cc21. The van der Waals surface area contributed by atoms with Crippen molar-refractivity contribution in [3.8, 4) is 39.3 Å². The molecule has 0 atom stereocenters. The average Bonchev–Trinajstić information content (AvgIpc) is 3.80. The molecule has 0 bridgehead atoms. The molecule has 0 aliphatic heterocycles. The maximum atomic E-state index is 5.37. The second kappa shape index (κ2) is 10.3. The maximum absolute atomic E-state index is 5.37. The highest BCUT2D eigenvalue weighted by atomic mass is 15.2. The van der Waals surface area contributed by atoms with Gasteiger partial charge in [0.15, 0.2) is 0 Å². The van der Waals surface area contributed by atoms with Gasteiger partial charge in [-0.15, -0.1) is 0 Å². The Morgan fingerprint density at radius 3 is 1.76 bits per heavy atom. The summed E-state index contributed by atoms with van der Waals surface area (Å²) in [6, 6.07) is 56.9. The largest absolute Gasteiger partial charge is 0.279 e. The Bertz CT molecular complexity index is 3050. The molecule has 3 heterocycles. The number of fused-ring (bicyclic) bond motifs is 11. The third kappa shape index (κ3) is 3.96. The van der Waals surface area contributed by atoms with E-state index >= 15 is 0 Å². The summed E-state index contributed by atoms with van der Waals surface area (Å²) in [7, 11) is 0. The third-order valence-corrected chi connectivity index (χ3v) is 11.1. The van der Waals surface area contributed by atoms with Gasteiger partial charge in [0.05, 0.1) is 27.6 Å². The Hall–Kier alpha value is -6.52. The van der Waals surface area contributed by atoms with Crippen molar-refractivity contribution in [3.05, 3.63) is 169 Å². The number of nitrogens with zero attached hydrogens (tertiary/aromatic N) is 4. The first kappa shape index (κ1) is 28.3. The summed E-state index contributed by atoms with van der Waals surface area (Å²) in [5, 5.41) is 3.44. The minimum absolute atomic E-state index is 0.131. The molecule has 7 aromatic carbocycles. The van der Waals surface area contributed by atoms with Gasteiger partial charge in [-0.05, 0) is 93.0 Å². The normalized spacial score (nSPS) is 13.5. The third-order valence-electron chi connectivity index (χ3n) is 11.1. The highest BCUT2D eigenvalue weighted by Gasteiger charge is 2.36. The molecule has 0 saturated carbocycles. The van der Waals surface area contributed by atoms with E-state index in [4.69, 9.17) is 9.97 Å². The van der Waals surface area contributed by atoms with Gasteiger partial charge in [0.1, 0.15) is 5.65 Å². The molecule has 4 nitrogen and oxygen atoms in total. The minimum Gasteiger partial charge on any atom is -0.279 e. The summed E-state index contributed by atoms with van der Waals surface area (Å²) in [5.41, 5.74) is 16.2. The molecule has 0 unspecified atom stereocenters. The molecular weight excluding hydrogens is 621 g/mol. The van der Waals surface area contributed by atoms with E-state index in [1.165, 1.54) is 55.3 Å². The molecule has 0 N–H and O–H groups in total. The Kier molecular flexibility index (Phi) is 5.70. The fraction of sp³-hybridized carbons (Fsp3) is 0.0638. The summed E-state index contributed by atoms with van der Waals surface area (Å²) in [6.07, 6.45) is 0. The van der Waals surface area contributed by atoms with Crippen LogP contribution >= 0.6 is 0 Å². The number of para-hydroxylation sites is 4. The lowest BCUT2D eigenvalue weighted by molar-refractivity contribution is 0.661. The molecule has 0 amide bonds. The van der Waals surface area contributed by atoms with E-state index in [2.05, 4.69) is 181 Å². The van der Waals surface area contributed by atoms with Crippen LogP contribution in [-0.2, 0) is 5.41 Å². The van der Waals surface area contributed by atoms with Crippen LogP contribution in [0.15, 0.2) is 158 Å². The highest BCUT2D eigenvalue weighted by Crippen LogP contribution is 2.51. The molecule has 0 saturated heterocycles. The summed E-state index contributed by atoms with van der Waals surface area (Å²) in [4.78, 5) is 10.5. The van der Waals surface area contributed by atoms with Crippen molar-refractivity contribution in [3.63, 3.8) is 0 Å². The van der Waals surface area contributed by atoms with Crippen molar-refractivity contribution in [2.45, 2.75) is 19.3 Å². The van der Waals surface area contributed by atoms with Crippen molar-refractivity contribution in [2.75, 3.05) is 0 Å². The van der Waals surface area contributed by atoms with Gasteiger partial charge in [-0.25, -0.2) is 9.97 Å². The van der Waals surface area contributed by atoms with Gasteiger partial charge < -0.3 is 0 Å². The zero-order valence-corrected chi connectivity index (χ0v) is 28.3. The molecular formula is C47H32N4. The Morgan fingerprint density at radius 1 is 0.431 bits per heavy atom. The zero-order valence-electron chi connectivity index (χ0n) is 28.3. The van der Waals surface area contributed by atoms with Gasteiger partial charge in [0, 0.05) is 21.6 Å². The quantitative estimate of drug-likeness (QED) is 0.190. The van der Waals surface area contributed by atoms with E-state index < -0.39 is 0 Å². The summed E-state index contributed by atoms with van der Waals surface area (Å²) in [6.45, 7) is 4.73. The van der Waals surface area contributed by atoms with Crippen LogP contribution < -0.4 is 0 Å². The predicted octanol–water partition coefficient (Wildman–Crippen LogP) is 11.8. The maximum Gasteiger partial charge on any atom is 0.221 e. The lowest BCUT2D eigenvalue weighted by atomic mass is 9.81. The Morgan fingerprint density at radius 2 is 1.00 bits per heavy atom. The number of hydrogen-bond acceptors (Lipinski definition) is 2. The van der Waals surface area contributed by atoms with Crippen LogP contribution in [-0.4, -0.2) is 18.9 Å². The number of rotatable bonds is 3. The van der Waals surface area contributed by atoms with Crippen LogP contribution in [0.3, 0.4) is 0 Å². The van der Waals surface area contributed by atoms with E-state index in [1.807, 2.05) is 0 Å². The monoisotopic (exact) mass is 652 g/mol. The molecule has 240 valence electrons. The lowest BCUT2D eigenvalue weighted by Gasteiger charge is -2.22. The standard InChI is InChI=1S/C47H32N4/c1-47(2)38-26-30(29-12-4-3-5-13-29)20-23-33(38)34-24-21-31(27-39(34)47)32-22-25-36-35-14-7-10-18-42(35)50(44(36)28-32)46-49-40-16-8-6-15-37(40)45-48-41-17-9-11-19-43(41)51(45)46/h3-28H,1-2H3. The first-order valence-electron chi connectivity index (χ1n) is 17.6. The van der Waals surface area contributed by atoms with E-state index in [9.17, 15) is 0 Å². The lowest BCUT2D eigenvalue weighted by Crippen LogP contribution is -2.15. The molecule has 0 fully saturated rings. The van der Waals surface area contributed by atoms with Crippen molar-refractivity contribution in [1.29, 1.82) is 0 Å². The molecule has 10 aromatic rings. The number of aromatic nitrogens is 4. The van der Waals surface area contributed by atoms with Crippen molar-refractivity contribution in [1.82, 2.24) is 18.9 Å². The fourth-order valence-electron chi connectivity index (χ4n) is 8.57. The second-order valence-corrected chi connectivity index (χ2v) is 14.3. The number of benzene rings is 7. The summed E-state index contributed by atoms with van der Waals surface area (Å²) >= 11 is 0. The fourth-order valence-corrected chi connectivity index (χ4v) is 8.57. The molecule has 1 aliphatic carbocycles. The first-order chi connectivity index (χ1) is 25.0. The molecule has 4 heteroatoms. The molecule has 0 spiro atoms. The first-order valence-corrected chi connectivity index (χ1v) is 17.6. The van der Waals surface area contributed by atoms with Crippen LogP contribution in [0.1, 0.15) is 25.0 Å². The van der Waals surface area contributed by atoms with Gasteiger partial charge in [-0.1, -0.05) is 123 Å². The predicted molar refractivity (Wildman–Crippen MR) is 211 cm³/mol. The van der Waals surface area contributed by atoms with Crippen molar-refractivity contribution >= 4 is 49.4 Å².